The summed E-state index contributed by atoms with van der Waals surface area (Å²) in [7, 11) is 0. The molecule has 0 aliphatic rings. The predicted molar refractivity (Wildman–Crippen MR) is 72.0 cm³/mol. The standard InChI is InChI=1S/C13H23N3O2/c1-5-6-14-11-9-12(16-10-15-11)17-7-8-18-13(2,3)4/h9-10H,5-8H2,1-4H3,(H,14,15,16). The van der Waals surface area contributed by atoms with Crippen molar-refractivity contribution in [2.45, 2.75) is 39.7 Å². The van der Waals surface area contributed by atoms with E-state index in [1.165, 1.54) is 6.33 Å². The van der Waals surface area contributed by atoms with Crippen molar-refractivity contribution >= 4 is 5.82 Å². The largest absolute Gasteiger partial charge is 0.475 e. The molecule has 5 nitrogen and oxygen atoms in total. The van der Waals surface area contributed by atoms with E-state index >= 15 is 0 Å². The molecule has 0 unspecified atom stereocenters. The van der Waals surface area contributed by atoms with E-state index in [0.29, 0.717) is 19.1 Å². The Kier molecular flexibility index (Phi) is 5.85. The van der Waals surface area contributed by atoms with Crippen molar-refractivity contribution in [1.29, 1.82) is 0 Å². The van der Waals surface area contributed by atoms with Crippen molar-refractivity contribution < 1.29 is 9.47 Å². The first kappa shape index (κ1) is 14.7. The molecule has 5 heteroatoms. The Bertz CT molecular complexity index is 350. The van der Waals surface area contributed by atoms with Gasteiger partial charge in [0.15, 0.2) is 0 Å². The van der Waals surface area contributed by atoms with Crippen LogP contribution in [0.15, 0.2) is 12.4 Å². The molecule has 102 valence electrons. The molecule has 0 spiro atoms. The van der Waals surface area contributed by atoms with Gasteiger partial charge in [-0.3, -0.25) is 0 Å². The van der Waals surface area contributed by atoms with Crippen LogP contribution >= 0.6 is 0 Å². The van der Waals surface area contributed by atoms with Crippen molar-refractivity contribution in [3.8, 4) is 5.88 Å². The third kappa shape index (κ3) is 6.39. The second-order valence-electron chi connectivity index (χ2n) is 4.98. The molecule has 0 saturated heterocycles. The minimum Gasteiger partial charge on any atom is -0.475 e. The lowest BCUT2D eigenvalue weighted by molar-refractivity contribution is -0.0168. The van der Waals surface area contributed by atoms with Crippen molar-refractivity contribution in [3.63, 3.8) is 0 Å². The van der Waals surface area contributed by atoms with Gasteiger partial charge in [-0.15, -0.1) is 0 Å². The smallest absolute Gasteiger partial charge is 0.218 e. The molecule has 1 aromatic rings. The van der Waals surface area contributed by atoms with Crippen molar-refractivity contribution in [2.75, 3.05) is 25.1 Å². The molecule has 0 aromatic carbocycles. The van der Waals surface area contributed by atoms with Crippen LogP contribution in [-0.4, -0.2) is 35.3 Å². The zero-order valence-corrected chi connectivity index (χ0v) is 11.7. The van der Waals surface area contributed by atoms with Gasteiger partial charge >= 0.3 is 0 Å². The Balaban J connectivity index is 2.33. The number of hydrogen-bond acceptors (Lipinski definition) is 5. The number of anilines is 1. The van der Waals surface area contributed by atoms with Gasteiger partial charge in [-0.1, -0.05) is 6.92 Å². The minimum absolute atomic E-state index is 0.136. The lowest BCUT2D eigenvalue weighted by Gasteiger charge is -2.19. The number of aromatic nitrogens is 2. The first-order valence-corrected chi connectivity index (χ1v) is 6.34. The van der Waals surface area contributed by atoms with Gasteiger partial charge < -0.3 is 14.8 Å². The Morgan fingerprint density at radius 3 is 2.67 bits per heavy atom. The number of nitrogens with zero attached hydrogens (tertiary/aromatic N) is 2. The van der Waals surface area contributed by atoms with E-state index < -0.39 is 0 Å². The predicted octanol–water partition coefficient (Wildman–Crippen LogP) is 2.49. The van der Waals surface area contributed by atoms with Crippen LogP contribution in [0.1, 0.15) is 34.1 Å². The maximum absolute atomic E-state index is 5.56. The summed E-state index contributed by atoms with van der Waals surface area (Å²) >= 11 is 0. The number of nitrogens with one attached hydrogen (secondary N) is 1. The maximum Gasteiger partial charge on any atom is 0.218 e. The third-order valence-electron chi connectivity index (χ3n) is 2.07. The van der Waals surface area contributed by atoms with E-state index in [2.05, 4.69) is 22.2 Å². The van der Waals surface area contributed by atoms with E-state index in [4.69, 9.17) is 9.47 Å². The summed E-state index contributed by atoms with van der Waals surface area (Å²) in [4.78, 5) is 8.16. The summed E-state index contributed by atoms with van der Waals surface area (Å²) in [5, 5.41) is 3.19. The van der Waals surface area contributed by atoms with Crippen molar-refractivity contribution in [2.24, 2.45) is 0 Å². The molecule has 0 aliphatic carbocycles. The lowest BCUT2D eigenvalue weighted by Crippen LogP contribution is -2.22. The van der Waals surface area contributed by atoms with E-state index in [1.807, 2.05) is 20.8 Å². The molecule has 18 heavy (non-hydrogen) atoms. The van der Waals surface area contributed by atoms with Crippen LogP contribution in [0, 0.1) is 0 Å². The normalized spacial score (nSPS) is 11.3. The zero-order valence-electron chi connectivity index (χ0n) is 11.7. The van der Waals surface area contributed by atoms with Gasteiger partial charge in [0.2, 0.25) is 5.88 Å². The van der Waals surface area contributed by atoms with Gasteiger partial charge in [0, 0.05) is 12.6 Å². The summed E-state index contributed by atoms with van der Waals surface area (Å²) in [6, 6.07) is 1.80. The fraction of sp³-hybridized carbons (Fsp3) is 0.692. The first-order chi connectivity index (χ1) is 8.51. The molecular formula is C13H23N3O2. The van der Waals surface area contributed by atoms with Crippen LogP contribution in [0.3, 0.4) is 0 Å². The Hall–Kier alpha value is -1.36. The monoisotopic (exact) mass is 253 g/mol. The zero-order chi connectivity index (χ0) is 13.4. The molecular weight excluding hydrogens is 230 g/mol. The Morgan fingerprint density at radius 1 is 1.22 bits per heavy atom. The molecule has 1 heterocycles. The van der Waals surface area contributed by atoms with E-state index in [-0.39, 0.29) is 5.60 Å². The highest BCUT2D eigenvalue weighted by molar-refractivity contribution is 5.36. The van der Waals surface area contributed by atoms with Gasteiger partial charge in [-0.25, -0.2) is 9.97 Å². The third-order valence-corrected chi connectivity index (χ3v) is 2.07. The fourth-order valence-corrected chi connectivity index (χ4v) is 1.26. The highest BCUT2D eigenvalue weighted by atomic mass is 16.5. The molecule has 0 radical (unpaired) electrons. The molecule has 1 N–H and O–H groups in total. The Labute approximate surface area is 109 Å². The Morgan fingerprint density at radius 2 is 2.00 bits per heavy atom. The lowest BCUT2D eigenvalue weighted by atomic mass is 10.2. The average molecular weight is 253 g/mol. The summed E-state index contributed by atoms with van der Waals surface area (Å²) in [5.41, 5.74) is -0.136. The fourth-order valence-electron chi connectivity index (χ4n) is 1.26. The molecule has 0 aliphatic heterocycles. The number of ether oxygens (including phenoxy) is 2. The van der Waals surface area contributed by atoms with Gasteiger partial charge in [0.05, 0.1) is 12.2 Å². The summed E-state index contributed by atoms with van der Waals surface area (Å²) in [6.45, 7) is 10.1. The van der Waals surface area contributed by atoms with Crippen LogP contribution in [0.5, 0.6) is 5.88 Å². The quantitative estimate of drug-likeness (QED) is 0.757. The molecule has 0 amide bonds. The highest BCUT2D eigenvalue weighted by Gasteiger charge is 2.09. The first-order valence-electron chi connectivity index (χ1n) is 6.34. The van der Waals surface area contributed by atoms with E-state index in [0.717, 1.165) is 18.8 Å². The maximum atomic E-state index is 5.56. The van der Waals surface area contributed by atoms with Crippen LogP contribution in [0.4, 0.5) is 5.82 Å². The molecule has 1 aromatic heterocycles. The molecule has 0 bridgehead atoms. The van der Waals surface area contributed by atoms with Crippen LogP contribution in [0.25, 0.3) is 0 Å². The van der Waals surface area contributed by atoms with Crippen LogP contribution in [-0.2, 0) is 4.74 Å². The van der Waals surface area contributed by atoms with Gasteiger partial charge in [-0.2, -0.15) is 0 Å². The van der Waals surface area contributed by atoms with E-state index in [1.54, 1.807) is 6.07 Å². The molecule has 1 rings (SSSR count). The second-order valence-corrected chi connectivity index (χ2v) is 4.98. The highest BCUT2D eigenvalue weighted by Crippen LogP contribution is 2.11. The molecule has 0 saturated carbocycles. The summed E-state index contributed by atoms with van der Waals surface area (Å²) in [6.07, 6.45) is 2.55. The SMILES string of the molecule is CCCNc1cc(OCCOC(C)(C)C)ncn1. The molecule has 0 atom stereocenters. The minimum atomic E-state index is -0.136. The summed E-state index contributed by atoms with van der Waals surface area (Å²) < 4.78 is 11.1. The van der Waals surface area contributed by atoms with Gasteiger partial charge in [-0.05, 0) is 27.2 Å². The van der Waals surface area contributed by atoms with Gasteiger partial charge in [0.25, 0.3) is 0 Å². The average Bonchev–Trinajstić information content (AvgIpc) is 2.31. The van der Waals surface area contributed by atoms with Crippen molar-refractivity contribution in [3.05, 3.63) is 12.4 Å². The number of hydrogen-bond donors (Lipinski definition) is 1. The van der Waals surface area contributed by atoms with Crippen molar-refractivity contribution in [1.82, 2.24) is 9.97 Å². The number of rotatable bonds is 7. The molecule has 0 fully saturated rings. The van der Waals surface area contributed by atoms with Crippen LogP contribution in [0.2, 0.25) is 0 Å². The van der Waals surface area contributed by atoms with Crippen LogP contribution < -0.4 is 10.1 Å². The van der Waals surface area contributed by atoms with Gasteiger partial charge in [0.1, 0.15) is 18.8 Å². The summed E-state index contributed by atoms with van der Waals surface area (Å²) in [5.74, 6) is 1.36. The second kappa shape index (κ2) is 7.16. The topological polar surface area (TPSA) is 56.3 Å². The van der Waals surface area contributed by atoms with E-state index in [9.17, 15) is 0 Å².